The van der Waals surface area contributed by atoms with Gasteiger partial charge in [0, 0.05) is 6.54 Å². The van der Waals surface area contributed by atoms with E-state index >= 15 is 0 Å². The van der Waals surface area contributed by atoms with E-state index in [0.29, 0.717) is 23.8 Å². The minimum absolute atomic E-state index is 0. The highest BCUT2D eigenvalue weighted by Gasteiger charge is 2.27. The number of carbonyl (C=O) groups is 2. The molecule has 38 heavy (non-hydrogen) atoms. The fourth-order valence-corrected chi connectivity index (χ4v) is 4.56. The smallest absolute Gasteiger partial charge is 0.338 e. The number of aryl methyl sites for hydroxylation is 1. The Labute approximate surface area is 229 Å². The lowest BCUT2D eigenvalue weighted by Gasteiger charge is -2.26. The van der Waals surface area contributed by atoms with Crippen LogP contribution >= 0.6 is 12.4 Å². The van der Waals surface area contributed by atoms with Crippen molar-refractivity contribution in [3.63, 3.8) is 0 Å². The topological polar surface area (TPSA) is 117 Å². The summed E-state index contributed by atoms with van der Waals surface area (Å²) in [5.41, 5.74) is 15.3. The van der Waals surface area contributed by atoms with Gasteiger partial charge in [-0.25, -0.2) is 4.79 Å². The molecule has 1 fully saturated rings. The number of hydrogen-bond donors (Lipinski definition) is 2. The summed E-state index contributed by atoms with van der Waals surface area (Å²) in [5.74, 6) is 0.382. The Morgan fingerprint density at radius 3 is 2.13 bits per heavy atom. The normalized spacial score (nSPS) is 16.6. The van der Waals surface area contributed by atoms with Gasteiger partial charge in [-0.3, -0.25) is 9.79 Å². The lowest BCUT2D eigenvalue weighted by Crippen LogP contribution is -2.28. The van der Waals surface area contributed by atoms with Gasteiger partial charge in [-0.15, -0.1) is 12.4 Å². The van der Waals surface area contributed by atoms with Crippen molar-refractivity contribution in [1.29, 1.82) is 0 Å². The molecular weight excluding hydrogens is 502 g/mol. The van der Waals surface area contributed by atoms with Gasteiger partial charge in [0.2, 0.25) is 0 Å². The fraction of sp³-hybridized carbons (Fsp3) is 0.300. The van der Waals surface area contributed by atoms with Gasteiger partial charge in [-0.1, -0.05) is 54.1 Å². The fourth-order valence-electron chi connectivity index (χ4n) is 4.56. The summed E-state index contributed by atoms with van der Waals surface area (Å²) in [4.78, 5) is 29.1. The zero-order valence-corrected chi connectivity index (χ0v) is 22.3. The summed E-state index contributed by atoms with van der Waals surface area (Å²) in [5, 5.41) is 0. The molecule has 0 heterocycles. The molecule has 1 aliphatic rings. The third kappa shape index (κ3) is 8.08. The van der Waals surface area contributed by atoms with Gasteiger partial charge in [0.1, 0.15) is 12.4 Å². The van der Waals surface area contributed by atoms with E-state index in [1.54, 1.807) is 24.3 Å². The van der Waals surface area contributed by atoms with E-state index in [-0.39, 0.29) is 42.8 Å². The molecule has 0 aromatic heterocycles. The number of rotatable bonds is 8. The molecule has 0 aliphatic heterocycles. The number of nitrogens with two attached hydrogens (primary N) is 2. The highest BCUT2D eigenvalue weighted by Crippen LogP contribution is 2.31. The van der Waals surface area contributed by atoms with E-state index in [9.17, 15) is 9.59 Å². The minimum Gasteiger partial charge on any atom is -0.457 e. The third-order valence-corrected chi connectivity index (χ3v) is 6.69. The molecule has 0 radical (unpaired) electrons. The summed E-state index contributed by atoms with van der Waals surface area (Å²) < 4.78 is 11.1. The average Bonchev–Trinajstić information content (AvgIpc) is 2.91. The van der Waals surface area contributed by atoms with Crippen molar-refractivity contribution in [3.8, 4) is 16.9 Å². The molecule has 0 saturated heterocycles. The van der Waals surface area contributed by atoms with Crippen LogP contribution < -0.4 is 16.2 Å². The lowest BCUT2D eigenvalue weighted by molar-refractivity contribution is -0.140. The van der Waals surface area contributed by atoms with Crippen LogP contribution in [0.5, 0.6) is 5.75 Å². The van der Waals surface area contributed by atoms with Gasteiger partial charge >= 0.3 is 11.9 Å². The summed E-state index contributed by atoms with van der Waals surface area (Å²) in [6.45, 7) is 2.86. The third-order valence-electron chi connectivity index (χ3n) is 6.69. The van der Waals surface area contributed by atoms with Crippen molar-refractivity contribution in [2.45, 2.75) is 39.2 Å². The standard InChI is InChI=1S/C30H33N3O4.ClH/c1-20-3-2-4-22(17-20)19-36-28(34)25-11-9-23(10-12-25)24-13-15-27(16-14-24)37-29(35)26-7-5-21(6-8-26)18-33-30(31)32;/h2-4,9-17,21,26H,5-8,18-19H2,1H3,(H4,31,32,33);1H. The van der Waals surface area contributed by atoms with Gasteiger partial charge in [-0.05, 0) is 79.5 Å². The van der Waals surface area contributed by atoms with Crippen LogP contribution in [0.15, 0.2) is 77.8 Å². The van der Waals surface area contributed by atoms with Crippen molar-refractivity contribution >= 4 is 30.3 Å². The van der Waals surface area contributed by atoms with E-state index in [0.717, 1.165) is 47.9 Å². The van der Waals surface area contributed by atoms with E-state index in [2.05, 4.69) is 4.99 Å². The molecule has 3 aromatic carbocycles. The monoisotopic (exact) mass is 535 g/mol. The SMILES string of the molecule is Cc1cccc(COC(=O)c2ccc(-c3ccc(OC(=O)C4CCC(CN=C(N)N)CC4)cc3)cc2)c1.Cl. The van der Waals surface area contributed by atoms with Crippen LogP contribution in [0.3, 0.4) is 0 Å². The van der Waals surface area contributed by atoms with E-state index in [1.807, 2.05) is 55.5 Å². The molecule has 7 nitrogen and oxygen atoms in total. The quantitative estimate of drug-likeness (QED) is 0.172. The van der Waals surface area contributed by atoms with Crippen LogP contribution in [0.2, 0.25) is 0 Å². The number of carbonyl (C=O) groups excluding carboxylic acids is 2. The highest BCUT2D eigenvalue weighted by atomic mass is 35.5. The molecule has 0 atom stereocenters. The molecule has 0 bridgehead atoms. The molecule has 0 unspecified atom stereocenters. The van der Waals surface area contributed by atoms with Crippen LogP contribution in [-0.4, -0.2) is 24.4 Å². The molecule has 4 N–H and O–H groups in total. The second-order valence-corrected chi connectivity index (χ2v) is 9.57. The molecular formula is C30H34ClN3O4. The van der Waals surface area contributed by atoms with Crippen molar-refractivity contribution in [3.05, 3.63) is 89.5 Å². The maximum atomic E-state index is 12.6. The zero-order valence-electron chi connectivity index (χ0n) is 21.5. The van der Waals surface area contributed by atoms with Crippen molar-refractivity contribution in [2.75, 3.05) is 6.54 Å². The number of nitrogens with zero attached hydrogens (tertiary/aromatic N) is 1. The van der Waals surface area contributed by atoms with Crippen LogP contribution in [0.4, 0.5) is 0 Å². The van der Waals surface area contributed by atoms with Crippen LogP contribution in [0, 0.1) is 18.8 Å². The van der Waals surface area contributed by atoms with Gasteiger partial charge in [0.15, 0.2) is 5.96 Å². The van der Waals surface area contributed by atoms with Crippen molar-refractivity contribution < 1.29 is 19.1 Å². The molecule has 0 spiro atoms. The van der Waals surface area contributed by atoms with Crippen molar-refractivity contribution in [1.82, 2.24) is 0 Å². The Balaban J connectivity index is 0.00000400. The second-order valence-electron chi connectivity index (χ2n) is 9.57. The van der Waals surface area contributed by atoms with Gasteiger partial charge in [0.05, 0.1) is 11.5 Å². The molecule has 3 aromatic rings. The Hall–Kier alpha value is -3.84. The van der Waals surface area contributed by atoms with Crippen LogP contribution in [0.25, 0.3) is 11.1 Å². The first-order valence-corrected chi connectivity index (χ1v) is 12.6. The first-order chi connectivity index (χ1) is 17.9. The number of benzene rings is 3. The molecule has 0 amide bonds. The predicted molar refractivity (Wildman–Crippen MR) is 151 cm³/mol. The van der Waals surface area contributed by atoms with Gasteiger partial charge in [-0.2, -0.15) is 0 Å². The second kappa shape index (κ2) is 13.6. The molecule has 8 heteroatoms. The van der Waals surface area contributed by atoms with Crippen LogP contribution in [-0.2, 0) is 16.1 Å². The molecule has 1 saturated carbocycles. The largest absolute Gasteiger partial charge is 0.457 e. The first kappa shape index (κ1) is 28.7. The summed E-state index contributed by atoms with van der Waals surface area (Å²) in [6, 6.07) is 22.5. The number of guanidine groups is 1. The summed E-state index contributed by atoms with van der Waals surface area (Å²) in [6.07, 6.45) is 3.37. The summed E-state index contributed by atoms with van der Waals surface area (Å²) in [7, 11) is 0. The van der Waals surface area contributed by atoms with E-state index in [4.69, 9.17) is 20.9 Å². The van der Waals surface area contributed by atoms with Crippen LogP contribution in [0.1, 0.15) is 47.2 Å². The Morgan fingerprint density at radius 1 is 0.895 bits per heavy atom. The first-order valence-electron chi connectivity index (χ1n) is 12.6. The summed E-state index contributed by atoms with van der Waals surface area (Å²) >= 11 is 0. The number of aliphatic imine (C=N–C) groups is 1. The highest BCUT2D eigenvalue weighted by molar-refractivity contribution is 5.90. The Bertz CT molecular complexity index is 1250. The molecule has 1 aliphatic carbocycles. The Kier molecular flexibility index (Phi) is 10.3. The van der Waals surface area contributed by atoms with Gasteiger partial charge in [0.25, 0.3) is 0 Å². The lowest BCUT2D eigenvalue weighted by atomic mass is 9.82. The number of esters is 2. The Morgan fingerprint density at radius 2 is 1.53 bits per heavy atom. The zero-order chi connectivity index (χ0) is 26.2. The van der Waals surface area contributed by atoms with Gasteiger partial charge < -0.3 is 20.9 Å². The van der Waals surface area contributed by atoms with E-state index < -0.39 is 0 Å². The predicted octanol–water partition coefficient (Wildman–Crippen LogP) is 5.43. The average molecular weight is 536 g/mol. The van der Waals surface area contributed by atoms with Crippen molar-refractivity contribution in [2.24, 2.45) is 28.3 Å². The number of halogens is 1. The molecule has 200 valence electrons. The minimum atomic E-state index is -0.361. The number of ether oxygens (including phenoxy) is 2. The maximum absolute atomic E-state index is 12.6. The number of hydrogen-bond acceptors (Lipinski definition) is 5. The maximum Gasteiger partial charge on any atom is 0.338 e. The molecule has 4 rings (SSSR count). The van der Waals surface area contributed by atoms with E-state index in [1.165, 1.54) is 0 Å².